The number of likely N-dealkylation sites (N-methyl/N-ethyl adjacent to an activating group) is 1. The average Bonchev–Trinajstić information content (AvgIpc) is 3.73. The number of hydrogen-bond acceptors (Lipinski definition) is 7. The lowest BCUT2D eigenvalue weighted by Gasteiger charge is -2.36. The van der Waals surface area contributed by atoms with Crippen molar-refractivity contribution in [3.8, 4) is 0 Å². The molecule has 2 aliphatic carbocycles. The minimum absolute atomic E-state index is 0.0548. The minimum atomic E-state index is -1.02. The second-order valence-electron chi connectivity index (χ2n) is 15.3. The number of likely N-dealkylation sites (tertiary alicyclic amines) is 1. The van der Waals surface area contributed by atoms with E-state index in [4.69, 9.17) is 16.4 Å². The van der Waals surface area contributed by atoms with E-state index in [2.05, 4.69) is 21.1 Å². The number of amides is 4. The molecular formula is C36H50ClN5O6. The molecule has 4 amide bonds. The molecule has 2 saturated carbocycles. The maximum Gasteiger partial charge on any atom is 0.289 e. The van der Waals surface area contributed by atoms with Gasteiger partial charge in [-0.3, -0.25) is 24.0 Å². The fourth-order valence-corrected chi connectivity index (χ4v) is 7.47. The number of halogens is 1. The van der Waals surface area contributed by atoms with Crippen molar-refractivity contribution in [3.63, 3.8) is 0 Å². The Hall–Kier alpha value is -3.47. The summed E-state index contributed by atoms with van der Waals surface area (Å²) in [6, 6.07) is 4.31. The van der Waals surface area contributed by atoms with Gasteiger partial charge in [-0.1, -0.05) is 88.2 Å². The molecule has 0 aromatic heterocycles. The van der Waals surface area contributed by atoms with Gasteiger partial charge in [0.05, 0.1) is 18.3 Å². The van der Waals surface area contributed by atoms with Crippen LogP contribution in [0.1, 0.15) is 103 Å². The number of carbonyl (C=O) groups is 5. The van der Waals surface area contributed by atoms with Crippen molar-refractivity contribution in [1.29, 1.82) is 0 Å². The van der Waals surface area contributed by atoms with Crippen LogP contribution in [0.15, 0.2) is 29.4 Å². The Bertz CT molecular complexity index is 1430. The lowest BCUT2D eigenvalue weighted by molar-refractivity contribution is -0.145. The number of Topliss-reactive ketones (excluding diaryl/α,β-unsaturated/α-hetero) is 1. The number of oxime groups is 1. The van der Waals surface area contributed by atoms with Crippen LogP contribution in [0.5, 0.6) is 0 Å². The first kappa shape index (κ1) is 35.8. The predicted molar refractivity (Wildman–Crippen MR) is 182 cm³/mol. The lowest BCUT2D eigenvalue weighted by Crippen LogP contribution is -2.59. The molecule has 1 spiro atoms. The molecule has 0 unspecified atom stereocenters. The van der Waals surface area contributed by atoms with Crippen LogP contribution < -0.4 is 16.0 Å². The summed E-state index contributed by atoms with van der Waals surface area (Å²) in [5, 5.41) is 13.1. The molecule has 4 aliphatic rings. The second-order valence-corrected chi connectivity index (χ2v) is 15.7. The Labute approximate surface area is 288 Å². The van der Waals surface area contributed by atoms with E-state index in [0.29, 0.717) is 30.0 Å². The first-order valence-electron chi connectivity index (χ1n) is 17.5. The molecule has 5 rings (SSSR count). The summed E-state index contributed by atoms with van der Waals surface area (Å²) >= 11 is 6.25. The molecule has 3 N–H and O–H groups in total. The van der Waals surface area contributed by atoms with Crippen molar-refractivity contribution < 1.29 is 28.8 Å². The monoisotopic (exact) mass is 683 g/mol. The molecule has 11 nitrogen and oxygen atoms in total. The number of ketones is 1. The highest BCUT2D eigenvalue weighted by molar-refractivity contribution is 6.38. The van der Waals surface area contributed by atoms with Crippen LogP contribution in [0, 0.1) is 17.3 Å². The van der Waals surface area contributed by atoms with Crippen LogP contribution >= 0.6 is 11.6 Å². The molecule has 1 saturated heterocycles. The molecular weight excluding hydrogens is 634 g/mol. The van der Waals surface area contributed by atoms with Gasteiger partial charge >= 0.3 is 0 Å². The lowest BCUT2D eigenvalue weighted by atomic mass is 9.85. The van der Waals surface area contributed by atoms with Crippen molar-refractivity contribution >= 4 is 46.7 Å². The molecule has 3 fully saturated rings. The van der Waals surface area contributed by atoms with Crippen molar-refractivity contribution in [1.82, 2.24) is 20.9 Å². The predicted octanol–water partition coefficient (Wildman–Crippen LogP) is 4.30. The fraction of sp³-hybridized carbons (Fsp3) is 0.667. The molecule has 0 bridgehead atoms. The van der Waals surface area contributed by atoms with Gasteiger partial charge in [-0.05, 0) is 48.6 Å². The zero-order valence-electron chi connectivity index (χ0n) is 28.6. The number of carbonyl (C=O) groups excluding carboxylic acids is 5. The van der Waals surface area contributed by atoms with Gasteiger partial charge in [0, 0.05) is 36.9 Å². The third-order valence-electron chi connectivity index (χ3n) is 10.2. The number of nitrogens with zero attached hydrogens (tertiary/aromatic N) is 2. The number of rotatable bonds is 11. The van der Waals surface area contributed by atoms with E-state index in [1.807, 2.05) is 32.9 Å². The van der Waals surface area contributed by atoms with Crippen LogP contribution in [-0.2, 0) is 28.8 Å². The van der Waals surface area contributed by atoms with Gasteiger partial charge in [0.15, 0.2) is 5.60 Å². The van der Waals surface area contributed by atoms with E-state index >= 15 is 0 Å². The molecule has 1 aromatic carbocycles. The van der Waals surface area contributed by atoms with E-state index in [0.717, 1.165) is 44.1 Å². The van der Waals surface area contributed by atoms with E-state index in [1.165, 1.54) is 24.8 Å². The zero-order chi connectivity index (χ0) is 34.6. The summed E-state index contributed by atoms with van der Waals surface area (Å²) < 4.78 is 0. The maximum absolute atomic E-state index is 14.6. The number of benzene rings is 1. The van der Waals surface area contributed by atoms with Crippen molar-refractivity contribution in [2.24, 2.45) is 22.4 Å². The van der Waals surface area contributed by atoms with Crippen LogP contribution in [0.2, 0.25) is 5.02 Å². The smallest absolute Gasteiger partial charge is 0.289 e. The zero-order valence-corrected chi connectivity index (χ0v) is 29.4. The van der Waals surface area contributed by atoms with E-state index in [1.54, 1.807) is 12.1 Å². The Kier molecular flexibility index (Phi) is 11.2. The standard InChI is InChI=1S/C36H50ClN5O6/c1-35(2,3)31(40-29(43)17-22-10-7-5-6-8-11-22)34(47)42-21-36(19-27(41-48-36)24-12-9-13-25(37)18-24)20-28(42)32(45)39-26(16-23-14-15-23)30(44)33(46)38-4/h9,12-13,18,22-23,26,28,31H,5-8,10-11,14-17,19-21H2,1-4H3,(H,38,46)(H,39,45)(H,40,43)/t26-,28-,31+,36+/m0/s1. The van der Waals surface area contributed by atoms with Crippen LogP contribution in [0.3, 0.4) is 0 Å². The third kappa shape index (κ3) is 8.76. The summed E-state index contributed by atoms with van der Waals surface area (Å²) in [7, 11) is 1.38. The minimum Gasteiger partial charge on any atom is -0.387 e. The van der Waals surface area contributed by atoms with Gasteiger partial charge in [0.2, 0.25) is 23.5 Å². The quantitative estimate of drug-likeness (QED) is 0.234. The Morgan fingerprint density at radius 1 is 1.02 bits per heavy atom. The number of nitrogens with one attached hydrogen (secondary N) is 3. The van der Waals surface area contributed by atoms with Crippen molar-refractivity contribution in [3.05, 3.63) is 34.9 Å². The Morgan fingerprint density at radius 3 is 2.35 bits per heavy atom. The first-order chi connectivity index (χ1) is 22.8. The third-order valence-corrected chi connectivity index (χ3v) is 10.4. The molecule has 262 valence electrons. The normalized spacial score (nSPS) is 24.2. The molecule has 0 radical (unpaired) electrons. The maximum atomic E-state index is 14.6. The molecule has 4 atom stereocenters. The van der Waals surface area contributed by atoms with E-state index in [9.17, 15) is 24.0 Å². The Balaban J connectivity index is 1.39. The summed E-state index contributed by atoms with van der Waals surface area (Å²) in [5.41, 5.74) is -0.241. The molecule has 48 heavy (non-hydrogen) atoms. The average molecular weight is 684 g/mol. The largest absolute Gasteiger partial charge is 0.387 e. The Morgan fingerprint density at radius 2 is 1.73 bits per heavy atom. The summed E-state index contributed by atoms with van der Waals surface area (Å²) in [4.78, 5) is 75.0. The second kappa shape index (κ2) is 15.0. The highest BCUT2D eigenvalue weighted by Crippen LogP contribution is 2.41. The van der Waals surface area contributed by atoms with Crippen LogP contribution in [0.25, 0.3) is 0 Å². The molecule has 12 heteroatoms. The van der Waals surface area contributed by atoms with Gasteiger partial charge in [-0.25, -0.2) is 0 Å². The molecule has 2 aliphatic heterocycles. The van der Waals surface area contributed by atoms with Gasteiger partial charge in [-0.2, -0.15) is 0 Å². The number of hydrogen-bond donors (Lipinski definition) is 3. The van der Waals surface area contributed by atoms with Gasteiger partial charge in [0.1, 0.15) is 12.1 Å². The highest BCUT2D eigenvalue weighted by Gasteiger charge is 2.56. The van der Waals surface area contributed by atoms with E-state index < -0.39 is 52.6 Å². The van der Waals surface area contributed by atoms with Crippen molar-refractivity contribution in [2.75, 3.05) is 13.6 Å². The van der Waals surface area contributed by atoms with Crippen LogP contribution in [-0.4, -0.2) is 77.3 Å². The van der Waals surface area contributed by atoms with Crippen LogP contribution in [0.4, 0.5) is 0 Å². The van der Waals surface area contributed by atoms with Gasteiger partial charge in [-0.15, -0.1) is 0 Å². The summed E-state index contributed by atoms with van der Waals surface area (Å²) in [5.74, 6) is -2.07. The van der Waals surface area contributed by atoms with Crippen molar-refractivity contribution in [2.45, 2.75) is 122 Å². The molecule has 2 heterocycles. The molecule has 1 aromatic rings. The summed E-state index contributed by atoms with van der Waals surface area (Å²) in [6.45, 7) is 5.73. The summed E-state index contributed by atoms with van der Waals surface area (Å²) in [6.07, 6.45) is 9.60. The van der Waals surface area contributed by atoms with Gasteiger partial charge in [0.25, 0.3) is 5.91 Å². The fourth-order valence-electron chi connectivity index (χ4n) is 7.28. The van der Waals surface area contributed by atoms with E-state index in [-0.39, 0.29) is 30.7 Å². The topological polar surface area (TPSA) is 146 Å². The highest BCUT2D eigenvalue weighted by atomic mass is 35.5. The van der Waals surface area contributed by atoms with Gasteiger partial charge < -0.3 is 25.7 Å². The first-order valence-corrected chi connectivity index (χ1v) is 17.8. The SMILES string of the molecule is CNC(=O)C(=O)[C@H](CC1CC1)NC(=O)[C@@H]1C[C@]2(CC(c3cccc(Cl)c3)=NO2)CN1C(=O)[C@@H](NC(=O)CC1CCCCCC1)C(C)(C)C.